The average molecular weight is 304 g/mol. The van der Waals surface area contributed by atoms with Gasteiger partial charge in [0.25, 0.3) is 0 Å². The van der Waals surface area contributed by atoms with Gasteiger partial charge in [-0.25, -0.2) is 4.79 Å². The normalized spacial score (nSPS) is 10.2. The van der Waals surface area contributed by atoms with Crippen molar-refractivity contribution in [2.45, 2.75) is 13.8 Å². The van der Waals surface area contributed by atoms with Crippen LogP contribution >= 0.6 is 11.6 Å². The SMILES string of the molecule is CCOC(=O)c1c(C)c(C#N)c(N)n1-c1ccccc1Cl. The van der Waals surface area contributed by atoms with E-state index in [4.69, 9.17) is 22.1 Å². The van der Waals surface area contributed by atoms with Gasteiger partial charge in [-0.3, -0.25) is 4.57 Å². The molecule has 5 nitrogen and oxygen atoms in total. The molecule has 0 atom stereocenters. The fourth-order valence-corrected chi connectivity index (χ4v) is 2.40. The Morgan fingerprint density at radius 1 is 1.48 bits per heavy atom. The molecule has 0 saturated carbocycles. The molecule has 0 aliphatic heterocycles. The Morgan fingerprint density at radius 3 is 2.71 bits per heavy atom. The fourth-order valence-electron chi connectivity index (χ4n) is 2.18. The lowest BCUT2D eigenvalue weighted by molar-refractivity contribution is 0.0516. The summed E-state index contributed by atoms with van der Waals surface area (Å²) in [6, 6.07) is 8.97. The standard InChI is InChI=1S/C15H14ClN3O2/c1-3-21-15(20)13-9(2)10(8-17)14(18)19(13)12-7-5-4-6-11(12)16/h4-7H,3,18H2,1-2H3. The van der Waals surface area contributed by atoms with E-state index in [1.807, 2.05) is 6.07 Å². The third kappa shape index (κ3) is 2.46. The van der Waals surface area contributed by atoms with Gasteiger partial charge < -0.3 is 10.5 Å². The molecule has 1 heterocycles. The van der Waals surface area contributed by atoms with Gasteiger partial charge in [0.2, 0.25) is 0 Å². The van der Waals surface area contributed by atoms with Crippen molar-refractivity contribution >= 4 is 23.4 Å². The summed E-state index contributed by atoms with van der Waals surface area (Å²) in [5, 5.41) is 9.66. The molecule has 0 amide bonds. The first kappa shape index (κ1) is 14.9. The highest BCUT2D eigenvalue weighted by Gasteiger charge is 2.26. The van der Waals surface area contributed by atoms with E-state index in [0.717, 1.165) is 0 Å². The van der Waals surface area contributed by atoms with Gasteiger partial charge in [-0.2, -0.15) is 5.26 Å². The second kappa shape index (κ2) is 5.90. The molecule has 0 radical (unpaired) electrons. The summed E-state index contributed by atoms with van der Waals surface area (Å²) in [4.78, 5) is 12.2. The molecule has 1 aromatic carbocycles. The molecule has 6 heteroatoms. The smallest absolute Gasteiger partial charge is 0.355 e. The lowest BCUT2D eigenvalue weighted by Crippen LogP contribution is -2.14. The monoisotopic (exact) mass is 303 g/mol. The van der Waals surface area contributed by atoms with Crippen LogP contribution in [0.3, 0.4) is 0 Å². The van der Waals surface area contributed by atoms with Crippen molar-refractivity contribution in [1.82, 2.24) is 4.57 Å². The first-order valence-electron chi connectivity index (χ1n) is 6.35. The summed E-state index contributed by atoms with van der Waals surface area (Å²) in [5.74, 6) is -0.366. The van der Waals surface area contributed by atoms with E-state index in [2.05, 4.69) is 0 Å². The fraction of sp³-hybridized carbons (Fsp3) is 0.200. The number of rotatable bonds is 3. The van der Waals surface area contributed by atoms with Gasteiger partial charge >= 0.3 is 5.97 Å². The summed E-state index contributed by atoms with van der Waals surface area (Å²) in [6.07, 6.45) is 0. The van der Waals surface area contributed by atoms with E-state index >= 15 is 0 Å². The zero-order valence-corrected chi connectivity index (χ0v) is 12.4. The Bertz CT molecular complexity index is 744. The predicted octanol–water partition coefficient (Wildman–Crippen LogP) is 3.07. The van der Waals surface area contributed by atoms with Crippen molar-refractivity contribution in [3.05, 3.63) is 46.1 Å². The van der Waals surface area contributed by atoms with Crippen LogP contribution in [0, 0.1) is 18.3 Å². The highest BCUT2D eigenvalue weighted by Crippen LogP contribution is 2.31. The van der Waals surface area contributed by atoms with E-state index in [-0.39, 0.29) is 23.7 Å². The zero-order chi connectivity index (χ0) is 15.6. The Labute approximate surface area is 127 Å². The van der Waals surface area contributed by atoms with Crippen LogP contribution in [0.15, 0.2) is 24.3 Å². The topological polar surface area (TPSA) is 81.0 Å². The van der Waals surface area contributed by atoms with Gasteiger partial charge in [0.05, 0.1) is 22.9 Å². The van der Waals surface area contributed by atoms with Gasteiger partial charge in [0, 0.05) is 5.56 Å². The van der Waals surface area contributed by atoms with Gasteiger partial charge in [-0.05, 0) is 26.0 Å². The summed E-state index contributed by atoms with van der Waals surface area (Å²) in [6.45, 7) is 3.60. The number of halogens is 1. The number of benzene rings is 1. The molecular formula is C15H14ClN3O2. The van der Waals surface area contributed by atoms with E-state index in [9.17, 15) is 10.1 Å². The minimum Gasteiger partial charge on any atom is -0.461 e. The van der Waals surface area contributed by atoms with Crippen LogP contribution in [0.1, 0.15) is 28.5 Å². The Hall–Kier alpha value is -2.45. The number of nitriles is 1. The molecular weight excluding hydrogens is 290 g/mol. The molecule has 21 heavy (non-hydrogen) atoms. The number of nitrogen functional groups attached to an aromatic ring is 1. The van der Waals surface area contributed by atoms with Gasteiger partial charge in [0.15, 0.2) is 0 Å². The highest BCUT2D eigenvalue weighted by atomic mass is 35.5. The highest BCUT2D eigenvalue weighted by molar-refractivity contribution is 6.32. The van der Waals surface area contributed by atoms with Crippen molar-refractivity contribution in [3.63, 3.8) is 0 Å². The number of ether oxygens (including phenoxy) is 1. The minimum absolute atomic E-state index is 0.172. The second-order valence-electron chi connectivity index (χ2n) is 4.35. The maximum Gasteiger partial charge on any atom is 0.355 e. The number of nitrogens with two attached hydrogens (primary N) is 1. The largest absolute Gasteiger partial charge is 0.461 e. The number of anilines is 1. The third-order valence-electron chi connectivity index (χ3n) is 3.12. The molecule has 2 rings (SSSR count). The van der Waals surface area contributed by atoms with E-state index in [1.54, 1.807) is 38.1 Å². The predicted molar refractivity (Wildman–Crippen MR) is 80.6 cm³/mol. The molecule has 1 aromatic heterocycles. The van der Waals surface area contributed by atoms with Gasteiger partial charge in [-0.15, -0.1) is 0 Å². The van der Waals surface area contributed by atoms with Crippen LogP contribution in [0.2, 0.25) is 5.02 Å². The number of carbonyl (C=O) groups is 1. The molecule has 0 spiro atoms. The molecule has 2 aromatic rings. The van der Waals surface area contributed by atoms with E-state index in [0.29, 0.717) is 16.3 Å². The van der Waals surface area contributed by atoms with Crippen LogP contribution in [0.5, 0.6) is 0 Å². The number of aromatic nitrogens is 1. The summed E-state index contributed by atoms with van der Waals surface area (Å²) in [5.41, 5.74) is 7.51. The van der Waals surface area contributed by atoms with Crippen LogP contribution in [0.4, 0.5) is 5.82 Å². The quantitative estimate of drug-likeness (QED) is 0.884. The first-order chi connectivity index (χ1) is 10.0. The molecule has 108 valence electrons. The third-order valence-corrected chi connectivity index (χ3v) is 3.44. The van der Waals surface area contributed by atoms with Crippen molar-refractivity contribution < 1.29 is 9.53 Å². The number of hydrogen-bond donors (Lipinski definition) is 1. The Morgan fingerprint density at radius 2 is 2.14 bits per heavy atom. The molecule has 0 aliphatic rings. The van der Waals surface area contributed by atoms with Gasteiger partial charge in [0.1, 0.15) is 17.6 Å². The molecule has 0 fully saturated rings. The van der Waals surface area contributed by atoms with Crippen LogP contribution in [-0.4, -0.2) is 17.1 Å². The molecule has 2 N–H and O–H groups in total. The lowest BCUT2D eigenvalue weighted by Gasteiger charge is -2.12. The van der Waals surface area contributed by atoms with Gasteiger partial charge in [-0.1, -0.05) is 23.7 Å². The van der Waals surface area contributed by atoms with Crippen molar-refractivity contribution in [2.75, 3.05) is 12.3 Å². The van der Waals surface area contributed by atoms with Crippen molar-refractivity contribution in [3.8, 4) is 11.8 Å². The molecule has 0 unspecified atom stereocenters. The van der Waals surface area contributed by atoms with Crippen molar-refractivity contribution in [1.29, 1.82) is 5.26 Å². The minimum atomic E-state index is -0.539. The summed E-state index contributed by atoms with van der Waals surface area (Å²) in [7, 11) is 0. The summed E-state index contributed by atoms with van der Waals surface area (Å²) < 4.78 is 6.52. The zero-order valence-electron chi connectivity index (χ0n) is 11.7. The number of nitrogens with zero attached hydrogens (tertiary/aromatic N) is 2. The number of para-hydroxylation sites is 1. The second-order valence-corrected chi connectivity index (χ2v) is 4.76. The Balaban J connectivity index is 2.79. The molecule has 0 saturated heterocycles. The maximum atomic E-state index is 12.2. The van der Waals surface area contributed by atoms with E-state index < -0.39 is 5.97 Å². The first-order valence-corrected chi connectivity index (χ1v) is 6.73. The maximum absolute atomic E-state index is 12.2. The average Bonchev–Trinajstić information content (AvgIpc) is 2.70. The van der Waals surface area contributed by atoms with Crippen LogP contribution < -0.4 is 5.73 Å². The van der Waals surface area contributed by atoms with Crippen LogP contribution in [0.25, 0.3) is 5.69 Å². The molecule has 0 bridgehead atoms. The number of esters is 1. The number of carbonyl (C=O) groups excluding carboxylic acids is 1. The lowest BCUT2D eigenvalue weighted by atomic mass is 10.2. The summed E-state index contributed by atoms with van der Waals surface area (Å²) >= 11 is 6.18. The van der Waals surface area contributed by atoms with Crippen LogP contribution in [-0.2, 0) is 4.74 Å². The molecule has 0 aliphatic carbocycles. The Kier molecular flexibility index (Phi) is 4.20. The van der Waals surface area contributed by atoms with E-state index in [1.165, 1.54) is 4.57 Å². The van der Waals surface area contributed by atoms with Crippen molar-refractivity contribution in [2.24, 2.45) is 0 Å². The number of hydrogen-bond acceptors (Lipinski definition) is 4.